The maximum Gasteiger partial charge on any atom is 0.0769 e. The summed E-state index contributed by atoms with van der Waals surface area (Å²) in [4.78, 5) is 0. The van der Waals surface area contributed by atoms with Gasteiger partial charge in [0.1, 0.15) is 0 Å². The van der Waals surface area contributed by atoms with E-state index >= 15 is 0 Å². The average molecular weight is 241 g/mol. The summed E-state index contributed by atoms with van der Waals surface area (Å²) >= 11 is 0. The molecule has 0 saturated heterocycles. The van der Waals surface area contributed by atoms with Crippen LogP contribution >= 0.6 is 0 Å². The van der Waals surface area contributed by atoms with E-state index in [9.17, 15) is 0 Å². The van der Waals surface area contributed by atoms with Crippen LogP contribution in [-0.4, -0.2) is 16.2 Å². The Labute approximate surface area is 108 Å². The largest absolute Gasteiger partial charge is 0.308 e. The van der Waals surface area contributed by atoms with Crippen LogP contribution in [0.2, 0.25) is 0 Å². The number of hydrogen-bond donors (Lipinski definition) is 1. The molecule has 0 amide bonds. The average Bonchev–Trinajstić information content (AvgIpc) is 2.45. The quantitative estimate of drug-likeness (QED) is 0.844. The van der Waals surface area contributed by atoms with Crippen molar-refractivity contribution in [3.63, 3.8) is 0 Å². The zero-order valence-electron chi connectivity index (χ0n) is 10.7. The maximum absolute atomic E-state index is 4.08. The van der Waals surface area contributed by atoms with Gasteiger partial charge in [-0.05, 0) is 30.5 Å². The second-order valence-electron chi connectivity index (χ2n) is 4.39. The van der Waals surface area contributed by atoms with E-state index in [1.54, 1.807) is 6.20 Å². The van der Waals surface area contributed by atoms with Crippen LogP contribution in [0.3, 0.4) is 0 Å². The number of aromatic nitrogens is 2. The summed E-state index contributed by atoms with van der Waals surface area (Å²) in [5.41, 5.74) is 2.36. The van der Waals surface area contributed by atoms with Crippen molar-refractivity contribution in [1.82, 2.24) is 15.5 Å². The Morgan fingerprint density at radius 1 is 1.11 bits per heavy atom. The van der Waals surface area contributed by atoms with Crippen LogP contribution in [-0.2, 0) is 13.0 Å². The fourth-order valence-electron chi connectivity index (χ4n) is 1.94. The van der Waals surface area contributed by atoms with Crippen molar-refractivity contribution in [2.75, 3.05) is 0 Å². The van der Waals surface area contributed by atoms with Crippen molar-refractivity contribution in [1.29, 1.82) is 0 Å². The lowest BCUT2D eigenvalue weighted by atomic mass is 10.0. The smallest absolute Gasteiger partial charge is 0.0769 e. The second-order valence-corrected chi connectivity index (χ2v) is 4.39. The summed E-state index contributed by atoms with van der Waals surface area (Å²) in [6, 6.07) is 15.0. The van der Waals surface area contributed by atoms with E-state index in [1.165, 1.54) is 5.56 Å². The molecule has 1 aromatic carbocycles. The molecule has 1 atom stereocenters. The van der Waals surface area contributed by atoms with Crippen LogP contribution < -0.4 is 5.32 Å². The molecule has 18 heavy (non-hydrogen) atoms. The van der Waals surface area contributed by atoms with E-state index in [4.69, 9.17) is 0 Å². The number of rotatable bonds is 6. The topological polar surface area (TPSA) is 37.8 Å². The second kappa shape index (κ2) is 6.87. The lowest BCUT2D eigenvalue weighted by Crippen LogP contribution is -2.30. The third kappa shape index (κ3) is 3.93. The van der Waals surface area contributed by atoms with Gasteiger partial charge in [0.05, 0.1) is 5.69 Å². The molecule has 2 rings (SSSR count). The van der Waals surface area contributed by atoms with Gasteiger partial charge in [0, 0.05) is 18.8 Å². The van der Waals surface area contributed by atoms with Crippen molar-refractivity contribution >= 4 is 0 Å². The van der Waals surface area contributed by atoms with Crippen molar-refractivity contribution < 1.29 is 0 Å². The fourth-order valence-corrected chi connectivity index (χ4v) is 1.94. The van der Waals surface area contributed by atoms with Gasteiger partial charge in [0.25, 0.3) is 0 Å². The highest BCUT2D eigenvalue weighted by Gasteiger charge is 2.06. The molecule has 1 unspecified atom stereocenters. The molecule has 1 heterocycles. The molecule has 0 aliphatic heterocycles. The highest BCUT2D eigenvalue weighted by Crippen LogP contribution is 2.06. The Morgan fingerprint density at radius 2 is 1.94 bits per heavy atom. The summed E-state index contributed by atoms with van der Waals surface area (Å²) < 4.78 is 0. The molecule has 3 heteroatoms. The van der Waals surface area contributed by atoms with Gasteiger partial charge >= 0.3 is 0 Å². The Bertz CT molecular complexity index is 442. The first-order chi connectivity index (χ1) is 8.88. The highest BCUT2D eigenvalue weighted by molar-refractivity contribution is 5.15. The molecular weight excluding hydrogens is 222 g/mol. The minimum Gasteiger partial charge on any atom is -0.308 e. The van der Waals surface area contributed by atoms with Crippen molar-refractivity contribution in [2.45, 2.75) is 32.4 Å². The predicted octanol–water partition coefficient (Wildman–Crippen LogP) is 2.59. The van der Waals surface area contributed by atoms with Gasteiger partial charge in [-0.3, -0.25) is 0 Å². The van der Waals surface area contributed by atoms with Crippen LogP contribution in [0.1, 0.15) is 24.6 Å². The number of nitrogens with one attached hydrogen (secondary N) is 1. The molecule has 0 radical (unpaired) electrons. The molecule has 0 bridgehead atoms. The van der Waals surface area contributed by atoms with Gasteiger partial charge in [-0.1, -0.05) is 37.3 Å². The summed E-state index contributed by atoms with van der Waals surface area (Å²) in [7, 11) is 0. The van der Waals surface area contributed by atoms with Gasteiger partial charge in [0.15, 0.2) is 0 Å². The van der Waals surface area contributed by atoms with E-state index in [1.807, 2.05) is 12.1 Å². The monoisotopic (exact) mass is 241 g/mol. The Kier molecular flexibility index (Phi) is 4.85. The minimum absolute atomic E-state index is 0.481. The Hall–Kier alpha value is -1.74. The van der Waals surface area contributed by atoms with E-state index in [0.29, 0.717) is 6.04 Å². The van der Waals surface area contributed by atoms with E-state index in [-0.39, 0.29) is 0 Å². The zero-order valence-corrected chi connectivity index (χ0v) is 10.7. The molecule has 3 nitrogen and oxygen atoms in total. The Balaban J connectivity index is 1.86. The van der Waals surface area contributed by atoms with Gasteiger partial charge < -0.3 is 5.32 Å². The van der Waals surface area contributed by atoms with Crippen LogP contribution in [0.4, 0.5) is 0 Å². The minimum atomic E-state index is 0.481. The van der Waals surface area contributed by atoms with Gasteiger partial charge in [0.2, 0.25) is 0 Å². The number of hydrogen-bond acceptors (Lipinski definition) is 3. The summed E-state index contributed by atoms with van der Waals surface area (Å²) in [5.74, 6) is 0. The van der Waals surface area contributed by atoms with E-state index < -0.39 is 0 Å². The molecular formula is C15H19N3. The number of nitrogens with zero attached hydrogens (tertiary/aromatic N) is 2. The van der Waals surface area contributed by atoms with Crippen molar-refractivity contribution in [3.8, 4) is 0 Å². The van der Waals surface area contributed by atoms with Crippen LogP contribution in [0.15, 0.2) is 48.7 Å². The summed E-state index contributed by atoms with van der Waals surface area (Å²) in [6.45, 7) is 2.98. The molecule has 0 saturated carbocycles. The third-order valence-corrected chi connectivity index (χ3v) is 3.02. The molecule has 0 aliphatic rings. The fraction of sp³-hybridized carbons (Fsp3) is 0.333. The molecule has 0 aliphatic carbocycles. The molecule has 1 N–H and O–H groups in total. The van der Waals surface area contributed by atoms with Gasteiger partial charge in [-0.15, -0.1) is 0 Å². The molecule has 0 spiro atoms. The van der Waals surface area contributed by atoms with Crippen LogP contribution in [0.25, 0.3) is 0 Å². The van der Waals surface area contributed by atoms with Gasteiger partial charge in [-0.2, -0.15) is 10.2 Å². The Morgan fingerprint density at radius 3 is 2.61 bits per heavy atom. The lowest BCUT2D eigenvalue weighted by molar-refractivity contribution is 0.488. The lowest BCUT2D eigenvalue weighted by Gasteiger charge is -2.16. The number of benzene rings is 1. The molecule has 2 aromatic rings. The third-order valence-electron chi connectivity index (χ3n) is 3.02. The zero-order chi connectivity index (χ0) is 12.6. The van der Waals surface area contributed by atoms with E-state index in [0.717, 1.165) is 25.1 Å². The molecule has 94 valence electrons. The highest BCUT2D eigenvalue weighted by atomic mass is 15.1. The first kappa shape index (κ1) is 12.7. The van der Waals surface area contributed by atoms with Crippen LogP contribution in [0.5, 0.6) is 0 Å². The molecule has 1 aromatic heterocycles. The molecule has 0 fully saturated rings. The standard InChI is InChI=1S/C15H19N3/c1-2-14(11-13-7-4-3-5-8-13)16-12-15-9-6-10-17-18-15/h3-10,14,16H,2,11-12H2,1H3. The summed E-state index contributed by atoms with van der Waals surface area (Å²) in [5, 5.41) is 11.5. The van der Waals surface area contributed by atoms with E-state index in [2.05, 4.69) is 52.8 Å². The van der Waals surface area contributed by atoms with Crippen molar-refractivity contribution in [2.24, 2.45) is 0 Å². The first-order valence-corrected chi connectivity index (χ1v) is 6.42. The SMILES string of the molecule is CCC(Cc1ccccc1)NCc1cccnn1. The predicted molar refractivity (Wildman–Crippen MR) is 73.1 cm³/mol. The van der Waals surface area contributed by atoms with Gasteiger partial charge in [-0.25, -0.2) is 0 Å². The normalized spacial score (nSPS) is 12.3. The first-order valence-electron chi connectivity index (χ1n) is 6.42. The van der Waals surface area contributed by atoms with Crippen LogP contribution in [0, 0.1) is 0 Å². The van der Waals surface area contributed by atoms with Crippen molar-refractivity contribution in [3.05, 3.63) is 59.9 Å². The maximum atomic E-state index is 4.08. The summed E-state index contributed by atoms with van der Waals surface area (Å²) in [6.07, 6.45) is 3.86.